The number of nitrogens with one attached hydrogen (secondary N) is 1. The molecule has 1 aliphatic heterocycles. The highest BCUT2D eigenvalue weighted by atomic mass is 19.4. The lowest BCUT2D eigenvalue weighted by molar-refractivity contribution is -0.279. The molecular weight excluding hydrogens is 240 g/mol. The van der Waals surface area contributed by atoms with Crippen LogP contribution in [0, 0.1) is 0 Å². The van der Waals surface area contributed by atoms with Crippen LogP contribution in [0.25, 0.3) is 0 Å². The van der Waals surface area contributed by atoms with Crippen molar-refractivity contribution in [2.75, 3.05) is 27.2 Å². The van der Waals surface area contributed by atoms with Crippen LogP contribution in [0.5, 0.6) is 0 Å². The lowest BCUT2D eigenvalue weighted by Crippen LogP contribution is -2.51. The Labute approximate surface area is 88.0 Å². The Morgan fingerprint density at radius 2 is 1.50 bits per heavy atom. The molecular formula is C7H11F6N3. The zero-order chi connectivity index (χ0) is 12.8. The van der Waals surface area contributed by atoms with Gasteiger partial charge in [0.1, 0.15) is 0 Å². The summed E-state index contributed by atoms with van der Waals surface area (Å²) in [5, 5.41) is 0.160. The highest BCUT2D eigenvalue weighted by molar-refractivity contribution is 5.09. The number of hydrazine groups is 1. The molecule has 1 unspecified atom stereocenters. The molecule has 0 aliphatic carbocycles. The second kappa shape index (κ2) is 3.74. The normalized spacial score (nSPS) is 24.9. The molecule has 1 heterocycles. The minimum Gasteiger partial charge on any atom is -0.308 e. The average Bonchev–Trinajstić information content (AvgIpc) is 2.72. The third kappa shape index (κ3) is 2.11. The van der Waals surface area contributed by atoms with E-state index >= 15 is 0 Å². The number of hydrogen-bond acceptors (Lipinski definition) is 3. The Balaban J connectivity index is 2.74. The van der Waals surface area contributed by atoms with Crippen molar-refractivity contribution in [2.45, 2.75) is 18.0 Å². The molecule has 1 saturated heterocycles. The van der Waals surface area contributed by atoms with Crippen molar-refractivity contribution in [3.05, 3.63) is 0 Å². The SMILES string of the molecule is CN(C)CCN1NC1(C(F)(F)F)C(F)(F)F. The van der Waals surface area contributed by atoms with E-state index in [4.69, 9.17) is 0 Å². The summed E-state index contributed by atoms with van der Waals surface area (Å²) in [6, 6.07) is 0. The van der Waals surface area contributed by atoms with Crippen LogP contribution >= 0.6 is 0 Å². The molecule has 0 spiro atoms. The van der Waals surface area contributed by atoms with Crippen LogP contribution in [-0.2, 0) is 0 Å². The van der Waals surface area contributed by atoms with Gasteiger partial charge in [0, 0.05) is 13.1 Å². The molecule has 1 aliphatic rings. The molecule has 16 heavy (non-hydrogen) atoms. The maximum Gasteiger partial charge on any atom is 0.431 e. The van der Waals surface area contributed by atoms with Crippen LogP contribution in [0.2, 0.25) is 0 Å². The first kappa shape index (κ1) is 13.5. The van der Waals surface area contributed by atoms with Gasteiger partial charge in [-0.05, 0) is 14.1 Å². The predicted molar refractivity (Wildman–Crippen MR) is 43.2 cm³/mol. The summed E-state index contributed by atoms with van der Waals surface area (Å²) in [5.41, 5.74) is -2.49. The van der Waals surface area contributed by atoms with Crippen molar-refractivity contribution in [3.8, 4) is 0 Å². The summed E-state index contributed by atoms with van der Waals surface area (Å²) in [5.74, 6) is 0. The van der Waals surface area contributed by atoms with Crippen LogP contribution in [-0.4, -0.2) is 55.1 Å². The molecule has 0 bridgehead atoms. The second-order valence-electron chi connectivity index (χ2n) is 3.77. The van der Waals surface area contributed by atoms with Crippen LogP contribution in [0.15, 0.2) is 0 Å². The number of alkyl halides is 6. The zero-order valence-corrected chi connectivity index (χ0v) is 8.58. The van der Waals surface area contributed by atoms with E-state index in [2.05, 4.69) is 0 Å². The summed E-state index contributed by atoms with van der Waals surface area (Å²) in [6.07, 6.45) is -10.8. The zero-order valence-electron chi connectivity index (χ0n) is 8.58. The third-order valence-electron chi connectivity index (χ3n) is 2.24. The van der Waals surface area contributed by atoms with Gasteiger partial charge in [0.05, 0.1) is 0 Å². The number of nitrogens with zero attached hydrogens (tertiary/aromatic N) is 2. The fraction of sp³-hybridized carbons (Fsp3) is 1.00. The fourth-order valence-corrected chi connectivity index (χ4v) is 1.29. The van der Waals surface area contributed by atoms with Gasteiger partial charge in [0.25, 0.3) is 5.66 Å². The van der Waals surface area contributed by atoms with Crippen molar-refractivity contribution in [1.82, 2.24) is 15.3 Å². The standard InChI is InChI=1S/C7H11F6N3/c1-15(2)3-4-16-5(14-16,6(8,9)10)7(11,12)13/h14H,3-4H2,1-2H3. The van der Waals surface area contributed by atoms with Crippen LogP contribution in [0.3, 0.4) is 0 Å². The Kier molecular flexibility index (Phi) is 3.16. The highest BCUT2D eigenvalue weighted by Crippen LogP contribution is 2.51. The molecule has 1 rings (SSSR count). The molecule has 9 heteroatoms. The van der Waals surface area contributed by atoms with Crippen molar-refractivity contribution in [2.24, 2.45) is 0 Å². The molecule has 0 aromatic rings. The minimum absolute atomic E-state index is 0.0981. The van der Waals surface area contributed by atoms with Crippen molar-refractivity contribution in [1.29, 1.82) is 0 Å². The molecule has 0 radical (unpaired) electrons. The maximum atomic E-state index is 12.3. The van der Waals surface area contributed by atoms with E-state index in [0.29, 0.717) is 0 Å². The summed E-state index contributed by atoms with van der Waals surface area (Å²) >= 11 is 0. The molecule has 3 nitrogen and oxygen atoms in total. The van der Waals surface area contributed by atoms with E-state index in [1.807, 2.05) is 0 Å². The summed E-state index contributed by atoms with van der Waals surface area (Å²) in [4.78, 5) is 1.50. The summed E-state index contributed by atoms with van der Waals surface area (Å²) in [6.45, 7) is -0.257. The van der Waals surface area contributed by atoms with Crippen molar-refractivity contribution < 1.29 is 26.3 Å². The molecule has 1 atom stereocenters. The van der Waals surface area contributed by atoms with Gasteiger partial charge in [-0.1, -0.05) is 0 Å². The molecule has 0 aromatic heterocycles. The summed E-state index contributed by atoms with van der Waals surface area (Å²) in [7, 11) is 3.12. The van der Waals surface area contributed by atoms with E-state index < -0.39 is 18.0 Å². The van der Waals surface area contributed by atoms with E-state index in [9.17, 15) is 26.3 Å². The Bertz CT molecular complexity index is 244. The van der Waals surface area contributed by atoms with Gasteiger partial charge in [0.2, 0.25) is 0 Å². The van der Waals surface area contributed by atoms with Crippen LogP contribution in [0.4, 0.5) is 26.3 Å². The van der Waals surface area contributed by atoms with Gasteiger partial charge >= 0.3 is 12.4 Å². The lowest BCUT2D eigenvalue weighted by Gasteiger charge is -2.21. The van der Waals surface area contributed by atoms with Gasteiger partial charge in [-0.3, -0.25) is 0 Å². The largest absolute Gasteiger partial charge is 0.431 e. The van der Waals surface area contributed by atoms with Crippen LogP contribution in [0.1, 0.15) is 0 Å². The number of likely N-dealkylation sites (N-methyl/N-ethyl adjacent to an activating group) is 1. The predicted octanol–water partition coefficient (Wildman–Crippen LogP) is 1.19. The van der Waals surface area contributed by atoms with Crippen molar-refractivity contribution >= 4 is 0 Å². The smallest absolute Gasteiger partial charge is 0.308 e. The van der Waals surface area contributed by atoms with Gasteiger partial charge < -0.3 is 4.90 Å². The average molecular weight is 251 g/mol. The monoisotopic (exact) mass is 251 g/mol. The fourth-order valence-electron chi connectivity index (χ4n) is 1.29. The second-order valence-corrected chi connectivity index (χ2v) is 3.77. The maximum absolute atomic E-state index is 12.3. The first-order valence-electron chi connectivity index (χ1n) is 4.36. The third-order valence-corrected chi connectivity index (χ3v) is 2.24. The molecule has 1 fully saturated rings. The van der Waals surface area contributed by atoms with Crippen LogP contribution < -0.4 is 5.43 Å². The molecule has 0 amide bonds. The Hall–Kier alpha value is -0.540. The van der Waals surface area contributed by atoms with E-state index in [1.165, 1.54) is 10.3 Å². The highest BCUT2D eigenvalue weighted by Gasteiger charge is 2.83. The van der Waals surface area contributed by atoms with Gasteiger partial charge in [-0.2, -0.15) is 26.3 Å². The van der Waals surface area contributed by atoms with Gasteiger partial charge in [0.15, 0.2) is 0 Å². The van der Waals surface area contributed by atoms with Crippen molar-refractivity contribution in [3.63, 3.8) is 0 Å². The van der Waals surface area contributed by atoms with Gasteiger partial charge in [-0.25, -0.2) is 10.4 Å². The number of hydrogen-bond donors (Lipinski definition) is 1. The number of halogens is 6. The molecule has 96 valence electrons. The first-order chi connectivity index (χ1) is 7.02. The Morgan fingerprint density at radius 1 is 1.06 bits per heavy atom. The minimum atomic E-state index is -5.38. The first-order valence-corrected chi connectivity index (χ1v) is 4.36. The van der Waals surface area contributed by atoms with E-state index in [1.54, 1.807) is 14.1 Å². The van der Waals surface area contributed by atoms with E-state index in [0.717, 1.165) is 0 Å². The number of rotatable bonds is 3. The Morgan fingerprint density at radius 3 is 1.75 bits per heavy atom. The molecule has 0 aromatic carbocycles. The molecule has 1 N–H and O–H groups in total. The van der Waals surface area contributed by atoms with E-state index in [-0.39, 0.29) is 18.1 Å². The lowest BCUT2D eigenvalue weighted by atomic mass is 10.2. The summed E-state index contributed by atoms with van der Waals surface area (Å²) < 4.78 is 74.0. The molecule has 0 saturated carbocycles. The van der Waals surface area contributed by atoms with Gasteiger partial charge in [-0.15, -0.1) is 0 Å². The topological polar surface area (TPSA) is 28.2 Å². The quantitative estimate of drug-likeness (QED) is 0.603.